The molecule has 0 bridgehead atoms. The minimum Gasteiger partial charge on any atom is -0.493 e. The highest BCUT2D eigenvalue weighted by molar-refractivity contribution is 7.80. The number of H-pyrrole nitrogens is 1. The van der Waals surface area contributed by atoms with E-state index in [1.54, 1.807) is 14.2 Å². The molecule has 7 nitrogen and oxygen atoms in total. The molecule has 0 aliphatic heterocycles. The molecule has 8 heteroatoms. The van der Waals surface area contributed by atoms with Crippen LogP contribution in [-0.2, 0) is 19.4 Å². The van der Waals surface area contributed by atoms with E-state index in [9.17, 15) is 9.90 Å². The van der Waals surface area contributed by atoms with Crippen LogP contribution in [0.25, 0.3) is 10.9 Å². The summed E-state index contributed by atoms with van der Waals surface area (Å²) < 4.78 is 10.6. The number of ether oxygens (including phenoxy) is 2. The van der Waals surface area contributed by atoms with E-state index in [-0.39, 0.29) is 12.2 Å². The van der Waals surface area contributed by atoms with Gasteiger partial charge in [-0.1, -0.05) is 19.1 Å². The molecule has 1 aromatic heterocycles. The van der Waals surface area contributed by atoms with Crippen molar-refractivity contribution in [3.8, 4) is 11.5 Å². The molecule has 0 saturated heterocycles. The highest BCUT2D eigenvalue weighted by Gasteiger charge is 2.13. The Morgan fingerprint density at radius 3 is 2.55 bits per heavy atom. The van der Waals surface area contributed by atoms with Crippen LogP contribution in [0.15, 0.2) is 47.3 Å². The van der Waals surface area contributed by atoms with Crippen molar-refractivity contribution in [2.75, 3.05) is 33.9 Å². The first-order chi connectivity index (χ1) is 16.0. The van der Waals surface area contributed by atoms with Crippen LogP contribution in [0.1, 0.15) is 23.6 Å². The molecule has 176 valence electrons. The number of aromatic amines is 1. The van der Waals surface area contributed by atoms with Crippen molar-refractivity contribution in [2.24, 2.45) is 0 Å². The van der Waals surface area contributed by atoms with Gasteiger partial charge in [-0.25, -0.2) is 0 Å². The van der Waals surface area contributed by atoms with Crippen molar-refractivity contribution in [3.63, 3.8) is 0 Å². The molecule has 0 amide bonds. The zero-order chi connectivity index (χ0) is 23.8. The number of aliphatic hydroxyl groups is 1. The van der Waals surface area contributed by atoms with Crippen LogP contribution in [-0.4, -0.2) is 54.0 Å². The third-order valence-corrected chi connectivity index (χ3v) is 5.95. The third-order valence-electron chi connectivity index (χ3n) is 5.55. The smallest absolute Gasteiger partial charge is 0.253 e. The van der Waals surface area contributed by atoms with Crippen molar-refractivity contribution in [1.29, 1.82) is 0 Å². The van der Waals surface area contributed by atoms with Gasteiger partial charge >= 0.3 is 0 Å². The van der Waals surface area contributed by atoms with E-state index in [1.807, 2.05) is 41.3 Å². The predicted molar refractivity (Wildman–Crippen MR) is 135 cm³/mol. The summed E-state index contributed by atoms with van der Waals surface area (Å²) in [7, 11) is 3.22. The number of benzene rings is 2. The Balaban J connectivity index is 1.68. The zero-order valence-electron chi connectivity index (χ0n) is 19.3. The van der Waals surface area contributed by atoms with E-state index in [0.29, 0.717) is 41.8 Å². The Morgan fingerprint density at radius 2 is 1.85 bits per heavy atom. The lowest BCUT2D eigenvalue weighted by molar-refractivity contribution is 0.245. The Bertz CT molecular complexity index is 1160. The second-order valence-electron chi connectivity index (χ2n) is 7.72. The van der Waals surface area contributed by atoms with Crippen LogP contribution in [0, 0.1) is 0 Å². The van der Waals surface area contributed by atoms with Crippen molar-refractivity contribution in [1.82, 2.24) is 15.2 Å². The third kappa shape index (κ3) is 6.24. The summed E-state index contributed by atoms with van der Waals surface area (Å²) in [6.07, 6.45) is 1.65. The van der Waals surface area contributed by atoms with Crippen LogP contribution in [0.4, 0.5) is 0 Å². The van der Waals surface area contributed by atoms with E-state index >= 15 is 0 Å². The van der Waals surface area contributed by atoms with E-state index in [4.69, 9.17) is 21.7 Å². The average molecular weight is 470 g/mol. The number of nitrogens with zero attached hydrogens (tertiary/aromatic N) is 1. The summed E-state index contributed by atoms with van der Waals surface area (Å²) >= 11 is 5.57. The summed E-state index contributed by atoms with van der Waals surface area (Å²) in [5, 5.41) is 14.3. The molecule has 0 spiro atoms. The topological polar surface area (TPSA) is 86.8 Å². The van der Waals surface area contributed by atoms with Gasteiger partial charge in [0.1, 0.15) is 0 Å². The molecule has 0 aliphatic rings. The summed E-state index contributed by atoms with van der Waals surface area (Å²) in [4.78, 5) is 17.4. The van der Waals surface area contributed by atoms with Gasteiger partial charge in [0.15, 0.2) is 16.6 Å². The molecule has 0 unspecified atom stereocenters. The maximum Gasteiger partial charge on any atom is 0.253 e. The van der Waals surface area contributed by atoms with E-state index in [1.165, 1.54) is 5.56 Å². The molecule has 0 radical (unpaired) electrons. The fourth-order valence-electron chi connectivity index (χ4n) is 3.68. The number of aromatic nitrogens is 1. The van der Waals surface area contributed by atoms with Gasteiger partial charge in [-0.3, -0.25) is 4.79 Å². The van der Waals surface area contributed by atoms with Crippen LogP contribution < -0.4 is 20.3 Å². The van der Waals surface area contributed by atoms with Gasteiger partial charge in [0.25, 0.3) is 5.56 Å². The normalized spacial score (nSPS) is 10.8. The lowest BCUT2D eigenvalue weighted by atomic mass is 10.1. The number of hydrogen-bond acceptors (Lipinski definition) is 5. The largest absolute Gasteiger partial charge is 0.493 e. The van der Waals surface area contributed by atoms with Crippen LogP contribution in [0.3, 0.4) is 0 Å². The van der Waals surface area contributed by atoms with Gasteiger partial charge in [-0.15, -0.1) is 0 Å². The quantitative estimate of drug-likeness (QED) is 0.394. The number of pyridine rings is 1. The van der Waals surface area contributed by atoms with Crippen LogP contribution in [0.2, 0.25) is 0 Å². The molecule has 2 aromatic carbocycles. The van der Waals surface area contributed by atoms with Crippen LogP contribution >= 0.6 is 12.2 Å². The lowest BCUT2D eigenvalue weighted by Crippen LogP contribution is -2.42. The van der Waals surface area contributed by atoms with Gasteiger partial charge in [0.05, 0.1) is 27.4 Å². The summed E-state index contributed by atoms with van der Waals surface area (Å²) in [6, 6.07) is 13.7. The number of fused-ring (bicyclic) bond motifs is 1. The Hall–Kier alpha value is -3.10. The Labute approximate surface area is 199 Å². The Morgan fingerprint density at radius 1 is 1.09 bits per heavy atom. The summed E-state index contributed by atoms with van der Waals surface area (Å²) in [5.41, 5.74) is 3.55. The first-order valence-corrected chi connectivity index (χ1v) is 11.4. The molecule has 0 aliphatic carbocycles. The molecule has 3 rings (SSSR count). The molecular weight excluding hydrogens is 438 g/mol. The standard InChI is InChI=1S/C25H31N3O4S/c1-4-17-5-7-21-19(13-17)15-20(24(30)27-21)16-28(11-12-29)25(33)26-10-9-18-6-8-22(31-2)23(14-18)32-3/h5-8,13-15,29H,4,9-12,16H2,1-3H3,(H,26,33)(H,27,30). The van der Waals surface area contributed by atoms with Crippen molar-refractivity contribution in [2.45, 2.75) is 26.3 Å². The molecule has 3 N–H and O–H groups in total. The minimum atomic E-state index is -0.150. The monoisotopic (exact) mass is 469 g/mol. The van der Waals surface area contributed by atoms with Gasteiger partial charge in [-0.05, 0) is 71.9 Å². The molecule has 33 heavy (non-hydrogen) atoms. The van der Waals surface area contributed by atoms with E-state index < -0.39 is 0 Å². The van der Waals surface area contributed by atoms with E-state index in [0.717, 1.165) is 29.3 Å². The zero-order valence-corrected chi connectivity index (χ0v) is 20.1. The van der Waals surface area contributed by atoms with Gasteiger partial charge in [0.2, 0.25) is 0 Å². The fraction of sp³-hybridized carbons (Fsp3) is 0.360. The second kappa shape index (κ2) is 11.7. The highest BCUT2D eigenvalue weighted by atomic mass is 32.1. The Kier molecular flexibility index (Phi) is 8.68. The van der Waals surface area contributed by atoms with Gasteiger partial charge in [-0.2, -0.15) is 0 Å². The summed E-state index contributed by atoms with van der Waals surface area (Å²) in [5.74, 6) is 1.37. The van der Waals surface area contributed by atoms with Crippen LogP contribution in [0.5, 0.6) is 11.5 Å². The minimum absolute atomic E-state index is 0.0665. The van der Waals surface area contributed by atoms with Crippen molar-refractivity contribution >= 4 is 28.2 Å². The first kappa shape index (κ1) is 24.5. The molecule has 0 saturated carbocycles. The van der Waals surface area contributed by atoms with Crippen molar-refractivity contribution < 1.29 is 14.6 Å². The number of aryl methyl sites for hydroxylation is 1. The molecule has 0 atom stereocenters. The molecule has 3 aromatic rings. The number of rotatable bonds is 10. The predicted octanol–water partition coefficient (Wildman–Crippen LogP) is 3.02. The number of thiocarbonyl (C=S) groups is 1. The number of methoxy groups -OCH3 is 2. The first-order valence-electron chi connectivity index (χ1n) is 11.0. The van der Waals surface area contributed by atoms with Crippen molar-refractivity contribution in [3.05, 3.63) is 69.5 Å². The van der Waals surface area contributed by atoms with E-state index in [2.05, 4.69) is 23.3 Å². The lowest BCUT2D eigenvalue weighted by Gasteiger charge is -2.25. The maximum atomic E-state index is 12.6. The number of nitrogens with one attached hydrogen (secondary N) is 2. The number of hydrogen-bond donors (Lipinski definition) is 3. The summed E-state index contributed by atoms with van der Waals surface area (Å²) in [6.45, 7) is 3.27. The molecule has 0 fully saturated rings. The van der Waals surface area contributed by atoms with Gasteiger partial charge in [0, 0.05) is 24.2 Å². The fourth-order valence-corrected chi connectivity index (χ4v) is 3.94. The highest BCUT2D eigenvalue weighted by Crippen LogP contribution is 2.27. The second-order valence-corrected chi connectivity index (χ2v) is 8.10. The van der Waals surface area contributed by atoms with Gasteiger partial charge < -0.3 is 29.8 Å². The molecule has 1 heterocycles. The maximum absolute atomic E-state index is 12.6. The average Bonchev–Trinajstić information content (AvgIpc) is 2.83. The SMILES string of the molecule is CCc1ccc2[nH]c(=O)c(CN(CCO)C(=S)NCCc3ccc(OC)c(OC)c3)cc2c1. The number of aliphatic hydroxyl groups excluding tert-OH is 1. The molecular formula is C25H31N3O4S.